The minimum atomic E-state index is -0.685. The van der Waals surface area contributed by atoms with Gasteiger partial charge in [0.15, 0.2) is 0 Å². The van der Waals surface area contributed by atoms with E-state index in [2.05, 4.69) is 39.9 Å². The molecular formula is C23H28N6O2. The smallest absolute Gasteiger partial charge is 0.314 e. The van der Waals surface area contributed by atoms with Gasteiger partial charge >= 0.3 is 11.8 Å². The van der Waals surface area contributed by atoms with E-state index in [-0.39, 0.29) is 6.04 Å². The number of fused-ring (bicyclic) bond motifs is 1. The van der Waals surface area contributed by atoms with Gasteiger partial charge < -0.3 is 10.6 Å². The average Bonchev–Trinajstić information content (AvgIpc) is 3.33. The van der Waals surface area contributed by atoms with E-state index in [1.54, 1.807) is 17.8 Å². The summed E-state index contributed by atoms with van der Waals surface area (Å²) in [5, 5.41) is 14.5. The number of nitrogens with one attached hydrogen (secondary N) is 2. The summed E-state index contributed by atoms with van der Waals surface area (Å²) in [4.78, 5) is 25.1. The van der Waals surface area contributed by atoms with Crippen molar-refractivity contribution in [3.63, 3.8) is 0 Å². The van der Waals surface area contributed by atoms with Crippen molar-refractivity contribution in [3.8, 4) is 0 Å². The first-order valence-electron chi connectivity index (χ1n) is 10.8. The standard InChI is InChI=1S/C23H28N6O2/c1-3-8-17-13-21(28(2)27-17)26-23(31)22(30)25-19-11-7-12-20-18(19)14-24-29(20)15-16-9-5-4-6-10-16/h4-6,9-10,13-14,19H,3,7-8,11-12,15H2,1-2H3,(H,25,30)(H,26,31). The molecule has 0 spiro atoms. The van der Waals surface area contributed by atoms with Crippen molar-refractivity contribution < 1.29 is 9.59 Å². The number of hydrogen-bond donors (Lipinski definition) is 2. The highest BCUT2D eigenvalue weighted by Crippen LogP contribution is 2.30. The summed E-state index contributed by atoms with van der Waals surface area (Å²) in [6.45, 7) is 2.76. The Labute approximate surface area is 181 Å². The highest BCUT2D eigenvalue weighted by Gasteiger charge is 2.28. The Morgan fingerprint density at radius 2 is 2.00 bits per heavy atom. The van der Waals surface area contributed by atoms with Crippen LogP contribution in [0.5, 0.6) is 0 Å². The second kappa shape index (κ2) is 9.16. The van der Waals surface area contributed by atoms with E-state index in [9.17, 15) is 9.59 Å². The maximum Gasteiger partial charge on any atom is 0.314 e. The molecule has 1 aromatic carbocycles. The Balaban J connectivity index is 1.42. The number of carbonyl (C=O) groups is 2. The SMILES string of the molecule is CCCc1cc(NC(=O)C(=O)NC2CCCc3c2cnn3Cc2ccccc2)n(C)n1. The van der Waals surface area contributed by atoms with Gasteiger partial charge in [-0.3, -0.25) is 19.0 Å². The minimum Gasteiger partial charge on any atom is -0.341 e. The topological polar surface area (TPSA) is 93.8 Å². The van der Waals surface area contributed by atoms with Crippen LogP contribution in [0, 0.1) is 0 Å². The van der Waals surface area contributed by atoms with Crippen LogP contribution in [0.1, 0.15) is 54.7 Å². The number of nitrogens with zero attached hydrogens (tertiary/aromatic N) is 4. The van der Waals surface area contributed by atoms with Crippen molar-refractivity contribution in [1.82, 2.24) is 24.9 Å². The summed E-state index contributed by atoms with van der Waals surface area (Å²) < 4.78 is 3.58. The lowest BCUT2D eigenvalue weighted by molar-refractivity contribution is -0.136. The van der Waals surface area contributed by atoms with Gasteiger partial charge in [0.2, 0.25) is 0 Å². The van der Waals surface area contributed by atoms with Gasteiger partial charge in [0.25, 0.3) is 0 Å². The number of hydrogen-bond acceptors (Lipinski definition) is 4. The van der Waals surface area contributed by atoms with Crippen LogP contribution in [0.2, 0.25) is 0 Å². The van der Waals surface area contributed by atoms with Gasteiger partial charge in [-0.05, 0) is 31.2 Å². The molecule has 162 valence electrons. The number of anilines is 1. The van der Waals surface area contributed by atoms with Crippen LogP contribution in [-0.4, -0.2) is 31.4 Å². The van der Waals surface area contributed by atoms with Crippen molar-refractivity contribution in [2.45, 2.75) is 51.6 Å². The molecule has 0 radical (unpaired) electrons. The minimum absolute atomic E-state index is 0.214. The van der Waals surface area contributed by atoms with E-state index in [0.29, 0.717) is 12.4 Å². The molecule has 1 atom stereocenters. The number of benzene rings is 1. The Bertz CT molecular complexity index is 1070. The summed E-state index contributed by atoms with van der Waals surface area (Å²) in [6.07, 6.45) is 6.24. The van der Waals surface area contributed by atoms with Crippen LogP contribution >= 0.6 is 0 Å². The normalized spacial score (nSPS) is 15.4. The summed E-state index contributed by atoms with van der Waals surface area (Å²) in [5.41, 5.74) is 4.19. The first kappa shape index (κ1) is 20.8. The molecule has 2 heterocycles. The molecule has 2 aromatic heterocycles. The summed E-state index contributed by atoms with van der Waals surface area (Å²) >= 11 is 0. The summed E-state index contributed by atoms with van der Waals surface area (Å²) in [7, 11) is 1.75. The van der Waals surface area contributed by atoms with E-state index in [1.165, 1.54) is 5.56 Å². The molecule has 0 saturated heterocycles. The lowest BCUT2D eigenvalue weighted by Gasteiger charge is -2.24. The summed E-state index contributed by atoms with van der Waals surface area (Å²) in [5.74, 6) is -0.814. The van der Waals surface area contributed by atoms with Crippen molar-refractivity contribution in [1.29, 1.82) is 0 Å². The fraction of sp³-hybridized carbons (Fsp3) is 0.391. The molecule has 3 aromatic rings. The Morgan fingerprint density at radius 3 is 2.77 bits per heavy atom. The van der Waals surface area contributed by atoms with Crippen LogP contribution in [0.25, 0.3) is 0 Å². The monoisotopic (exact) mass is 420 g/mol. The fourth-order valence-electron chi connectivity index (χ4n) is 4.08. The maximum atomic E-state index is 12.6. The number of amides is 2. The van der Waals surface area contributed by atoms with E-state index in [1.807, 2.05) is 29.1 Å². The largest absolute Gasteiger partial charge is 0.341 e. The zero-order chi connectivity index (χ0) is 21.8. The van der Waals surface area contributed by atoms with E-state index in [4.69, 9.17) is 0 Å². The molecule has 2 amide bonds. The number of rotatable bonds is 6. The van der Waals surface area contributed by atoms with Crippen LogP contribution in [0.4, 0.5) is 5.82 Å². The van der Waals surface area contributed by atoms with E-state index >= 15 is 0 Å². The van der Waals surface area contributed by atoms with Crippen molar-refractivity contribution in [2.24, 2.45) is 7.05 Å². The first-order valence-corrected chi connectivity index (χ1v) is 10.8. The van der Waals surface area contributed by atoms with Gasteiger partial charge in [0, 0.05) is 24.4 Å². The van der Waals surface area contributed by atoms with Gasteiger partial charge in [-0.25, -0.2) is 0 Å². The molecule has 1 unspecified atom stereocenters. The predicted molar refractivity (Wildman–Crippen MR) is 117 cm³/mol. The zero-order valence-corrected chi connectivity index (χ0v) is 18.0. The maximum absolute atomic E-state index is 12.6. The third kappa shape index (κ3) is 4.68. The second-order valence-corrected chi connectivity index (χ2v) is 7.96. The molecule has 0 bridgehead atoms. The first-order chi connectivity index (χ1) is 15.0. The molecule has 4 rings (SSSR count). The molecular weight excluding hydrogens is 392 g/mol. The third-order valence-corrected chi connectivity index (χ3v) is 5.63. The zero-order valence-electron chi connectivity index (χ0n) is 18.0. The molecule has 1 aliphatic rings. The molecule has 8 nitrogen and oxygen atoms in total. The van der Waals surface area contributed by atoms with Gasteiger partial charge in [-0.15, -0.1) is 0 Å². The average molecular weight is 421 g/mol. The second-order valence-electron chi connectivity index (χ2n) is 7.96. The van der Waals surface area contributed by atoms with Crippen molar-refractivity contribution in [3.05, 3.63) is 65.1 Å². The van der Waals surface area contributed by atoms with Crippen molar-refractivity contribution in [2.75, 3.05) is 5.32 Å². The van der Waals surface area contributed by atoms with Gasteiger partial charge in [0.05, 0.1) is 24.5 Å². The molecule has 0 fully saturated rings. The van der Waals surface area contributed by atoms with Crippen LogP contribution < -0.4 is 10.6 Å². The number of aryl methyl sites for hydroxylation is 2. The number of aromatic nitrogens is 4. The molecule has 8 heteroatoms. The van der Waals surface area contributed by atoms with Gasteiger partial charge in [-0.1, -0.05) is 43.7 Å². The quantitative estimate of drug-likeness (QED) is 0.600. The lowest BCUT2D eigenvalue weighted by atomic mass is 9.93. The van der Waals surface area contributed by atoms with Crippen molar-refractivity contribution >= 4 is 17.6 Å². The Morgan fingerprint density at radius 1 is 1.19 bits per heavy atom. The van der Waals surface area contributed by atoms with Gasteiger partial charge in [-0.2, -0.15) is 10.2 Å². The van der Waals surface area contributed by atoms with Crippen LogP contribution in [0.15, 0.2) is 42.6 Å². The van der Waals surface area contributed by atoms with E-state index < -0.39 is 11.8 Å². The molecule has 2 N–H and O–H groups in total. The lowest BCUT2D eigenvalue weighted by Crippen LogP contribution is -2.39. The van der Waals surface area contributed by atoms with Gasteiger partial charge in [0.1, 0.15) is 5.82 Å². The molecule has 1 aliphatic carbocycles. The van der Waals surface area contributed by atoms with Crippen LogP contribution in [0.3, 0.4) is 0 Å². The highest BCUT2D eigenvalue weighted by atomic mass is 16.2. The fourth-order valence-corrected chi connectivity index (χ4v) is 4.08. The Kier molecular flexibility index (Phi) is 6.16. The summed E-state index contributed by atoms with van der Waals surface area (Å²) in [6, 6.07) is 11.8. The number of carbonyl (C=O) groups excluding carboxylic acids is 2. The molecule has 0 saturated carbocycles. The van der Waals surface area contributed by atoms with E-state index in [0.717, 1.165) is 49.1 Å². The predicted octanol–water partition coefficient (Wildman–Crippen LogP) is 2.75. The highest BCUT2D eigenvalue weighted by molar-refractivity contribution is 6.39. The molecule has 0 aliphatic heterocycles. The molecule has 31 heavy (non-hydrogen) atoms. The Hall–Kier alpha value is -3.42. The third-order valence-electron chi connectivity index (χ3n) is 5.63. The van der Waals surface area contributed by atoms with Crippen LogP contribution in [-0.2, 0) is 36.0 Å².